The second-order valence-corrected chi connectivity index (χ2v) is 4.00. The Labute approximate surface area is 100 Å². The minimum Gasteiger partial charge on any atom is -0.464 e. The van der Waals surface area contributed by atoms with E-state index in [1.807, 2.05) is 6.92 Å². The van der Waals surface area contributed by atoms with Crippen LogP contribution >= 0.6 is 0 Å². The number of nitrogens with one attached hydrogen (secondary N) is 1. The van der Waals surface area contributed by atoms with Gasteiger partial charge in [0.15, 0.2) is 0 Å². The highest BCUT2D eigenvalue weighted by Gasteiger charge is 2.24. The van der Waals surface area contributed by atoms with E-state index in [-0.39, 0.29) is 0 Å². The molecule has 1 aromatic heterocycles. The molecule has 1 fully saturated rings. The van der Waals surface area contributed by atoms with Crippen LogP contribution in [-0.2, 0) is 0 Å². The molecule has 7 heteroatoms. The number of aromatic nitrogens is 3. The first-order valence-corrected chi connectivity index (χ1v) is 5.86. The van der Waals surface area contributed by atoms with Crippen LogP contribution in [0.1, 0.15) is 26.7 Å². The Morgan fingerprint density at radius 1 is 1.47 bits per heavy atom. The summed E-state index contributed by atoms with van der Waals surface area (Å²) in [6, 6.07) is 0.752. The number of hydrogen-bond acceptors (Lipinski definition) is 7. The normalized spacial score (nSPS) is 19.5. The molecule has 17 heavy (non-hydrogen) atoms. The number of ether oxygens (including phenoxy) is 1. The topological polar surface area (TPSA) is 89.2 Å². The van der Waals surface area contributed by atoms with Crippen LogP contribution in [0.4, 0.5) is 11.9 Å². The molecular formula is C10H18N6O. The van der Waals surface area contributed by atoms with Crippen LogP contribution in [0.25, 0.3) is 0 Å². The maximum absolute atomic E-state index is 5.34. The Hall–Kier alpha value is -1.63. The van der Waals surface area contributed by atoms with Gasteiger partial charge in [0.05, 0.1) is 6.61 Å². The molecule has 2 rings (SSSR count). The first-order valence-electron chi connectivity index (χ1n) is 5.86. The lowest BCUT2D eigenvalue weighted by molar-refractivity contribution is 0.312. The molecule has 0 aromatic carbocycles. The minimum absolute atomic E-state index is 0.310. The number of nitrogens with zero attached hydrogens (tertiary/aromatic N) is 4. The quantitative estimate of drug-likeness (QED) is 0.584. The van der Waals surface area contributed by atoms with Gasteiger partial charge in [0.25, 0.3) is 0 Å². The Balaban J connectivity index is 2.28. The third-order valence-corrected chi connectivity index (χ3v) is 2.82. The molecule has 0 bridgehead atoms. The predicted octanol–water partition coefficient (Wildman–Crippen LogP) is 0.545. The first-order chi connectivity index (χ1) is 8.24. The standard InChI is InChI=1S/C10H18N6O/c1-3-17-10-13-8(15-11)12-9(14-10)16-6-4-5-7(16)2/h7H,3-6,11H2,1-2H3,(H,12,13,14,15). The zero-order valence-corrected chi connectivity index (χ0v) is 10.2. The summed E-state index contributed by atoms with van der Waals surface area (Å²) in [4.78, 5) is 14.7. The van der Waals surface area contributed by atoms with Crippen molar-refractivity contribution in [1.29, 1.82) is 0 Å². The minimum atomic E-state index is 0.310. The Morgan fingerprint density at radius 3 is 2.88 bits per heavy atom. The van der Waals surface area contributed by atoms with E-state index in [9.17, 15) is 0 Å². The van der Waals surface area contributed by atoms with E-state index in [0.29, 0.717) is 30.6 Å². The average Bonchev–Trinajstić information content (AvgIpc) is 2.75. The van der Waals surface area contributed by atoms with Crippen molar-refractivity contribution in [2.45, 2.75) is 32.7 Å². The Bertz CT molecular complexity index is 385. The van der Waals surface area contributed by atoms with Gasteiger partial charge in [-0.05, 0) is 26.7 Å². The van der Waals surface area contributed by atoms with Crippen molar-refractivity contribution in [3.8, 4) is 6.01 Å². The van der Waals surface area contributed by atoms with Crippen LogP contribution in [0.3, 0.4) is 0 Å². The largest absolute Gasteiger partial charge is 0.464 e. The molecule has 94 valence electrons. The molecule has 0 amide bonds. The lowest BCUT2D eigenvalue weighted by atomic mass is 10.2. The SMILES string of the molecule is CCOc1nc(NN)nc(N2CCCC2C)n1. The van der Waals surface area contributed by atoms with Crippen LogP contribution in [0.15, 0.2) is 0 Å². The van der Waals surface area contributed by atoms with Crippen molar-refractivity contribution in [2.75, 3.05) is 23.5 Å². The van der Waals surface area contributed by atoms with E-state index in [4.69, 9.17) is 10.6 Å². The van der Waals surface area contributed by atoms with Crippen molar-refractivity contribution >= 4 is 11.9 Å². The summed E-state index contributed by atoms with van der Waals surface area (Å²) in [5.41, 5.74) is 2.44. The number of anilines is 2. The summed E-state index contributed by atoms with van der Waals surface area (Å²) >= 11 is 0. The van der Waals surface area contributed by atoms with Crippen LogP contribution in [0.5, 0.6) is 6.01 Å². The van der Waals surface area contributed by atoms with Gasteiger partial charge in [-0.15, -0.1) is 0 Å². The van der Waals surface area contributed by atoms with Gasteiger partial charge < -0.3 is 9.64 Å². The average molecular weight is 238 g/mol. The van der Waals surface area contributed by atoms with Crippen molar-refractivity contribution in [3.05, 3.63) is 0 Å². The van der Waals surface area contributed by atoms with E-state index < -0.39 is 0 Å². The lowest BCUT2D eigenvalue weighted by Gasteiger charge is -2.21. The van der Waals surface area contributed by atoms with E-state index >= 15 is 0 Å². The van der Waals surface area contributed by atoms with Crippen molar-refractivity contribution in [2.24, 2.45) is 5.84 Å². The van der Waals surface area contributed by atoms with E-state index in [1.54, 1.807) is 0 Å². The number of hydrazine groups is 1. The summed E-state index contributed by atoms with van der Waals surface area (Å²) in [5, 5.41) is 0. The molecule has 1 saturated heterocycles. The van der Waals surface area contributed by atoms with Crippen LogP contribution in [-0.4, -0.2) is 34.1 Å². The number of hydrogen-bond donors (Lipinski definition) is 2. The first kappa shape index (κ1) is 11.8. The van der Waals surface area contributed by atoms with Crippen LogP contribution in [0.2, 0.25) is 0 Å². The monoisotopic (exact) mass is 238 g/mol. The van der Waals surface area contributed by atoms with Crippen molar-refractivity contribution < 1.29 is 4.74 Å². The van der Waals surface area contributed by atoms with E-state index in [2.05, 4.69) is 32.2 Å². The molecule has 2 heterocycles. The molecule has 1 unspecified atom stereocenters. The predicted molar refractivity (Wildman–Crippen MR) is 64.8 cm³/mol. The van der Waals surface area contributed by atoms with Gasteiger partial charge in [0.1, 0.15) is 0 Å². The number of nitrogens with two attached hydrogens (primary N) is 1. The molecule has 7 nitrogen and oxygen atoms in total. The number of rotatable bonds is 4. The van der Waals surface area contributed by atoms with Gasteiger partial charge in [0, 0.05) is 12.6 Å². The highest BCUT2D eigenvalue weighted by atomic mass is 16.5. The van der Waals surface area contributed by atoms with Gasteiger partial charge in [-0.25, -0.2) is 5.84 Å². The highest BCUT2D eigenvalue weighted by Crippen LogP contribution is 2.23. The second-order valence-electron chi connectivity index (χ2n) is 4.00. The van der Waals surface area contributed by atoms with Gasteiger partial charge in [0.2, 0.25) is 11.9 Å². The van der Waals surface area contributed by atoms with Gasteiger partial charge >= 0.3 is 6.01 Å². The van der Waals surface area contributed by atoms with Crippen LogP contribution in [0, 0.1) is 0 Å². The fraction of sp³-hybridized carbons (Fsp3) is 0.700. The summed E-state index contributed by atoms with van der Waals surface area (Å²) < 4.78 is 5.30. The molecule has 1 aliphatic rings. The molecule has 0 saturated carbocycles. The maximum atomic E-state index is 5.34. The third kappa shape index (κ3) is 2.55. The molecule has 1 aromatic rings. The molecule has 1 atom stereocenters. The summed E-state index contributed by atoms with van der Waals surface area (Å²) in [6.07, 6.45) is 2.31. The second kappa shape index (κ2) is 5.13. The summed E-state index contributed by atoms with van der Waals surface area (Å²) in [5.74, 6) is 6.30. The third-order valence-electron chi connectivity index (χ3n) is 2.82. The van der Waals surface area contributed by atoms with Gasteiger partial charge in [-0.2, -0.15) is 15.0 Å². The molecule has 0 radical (unpaired) electrons. The maximum Gasteiger partial charge on any atom is 0.323 e. The summed E-state index contributed by atoms with van der Waals surface area (Å²) in [6.45, 7) is 5.52. The highest BCUT2D eigenvalue weighted by molar-refractivity contribution is 5.39. The summed E-state index contributed by atoms with van der Waals surface area (Å²) in [7, 11) is 0. The number of nitrogen functional groups attached to an aromatic ring is 1. The zero-order valence-electron chi connectivity index (χ0n) is 10.2. The van der Waals surface area contributed by atoms with Crippen molar-refractivity contribution in [3.63, 3.8) is 0 Å². The molecule has 0 spiro atoms. The lowest BCUT2D eigenvalue weighted by Crippen LogP contribution is -2.29. The Kier molecular flexibility index (Phi) is 3.58. The fourth-order valence-corrected chi connectivity index (χ4v) is 1.96. The molecule has 3 N–H and O–H groups in total. The van der Waals surface area contributed by atoms with Gasteiger partial charge in [-0.3, -0.25) is 5.43 Å². The molecule has 1 aliphatic heterocycles. The fourth-order valence-electron chi connectivity index (χ4n) is 1.96. The van der Waals surface area contributed by atoms with Crippen molar-refractivity contribution in [1.82, 2.24) is 15.0 Å². The Morgan fingerprint density at radius 2 is 2.29 bits per heavy atom. The van der Waals surface area contributed by atoms with E-state index in [0.717, 1.165) is 19.4 Å². The van der Waals surface area contributed by atoms with Crippen LogP contribution < -0.4 is 20.9 Å². The smallest absolute Gasteiger partial charge is 0.323 e. The zero-order chi connectivity index (χ0) is 12.3. The van der Waals surface area contributed by atoms with E-state index in [1.165, 1.54) is 0 Å². The van der Waals surface area contributed by atoms with Gasteiger partial charge in [-0.1, -0.05) is 0 Å². The molecular weight excluding hydrogens is 220 g/mol. The molecule has 0 aliphatic carbocycles.